The number of nitrogens with one attached hydrogen (secondary N) is 1. The summed E-state index contributed by atoms with van der Waals surface area (Å²) in [6, 6.07) is 11.1. The molecular formula is C23H28N2OS. The van der Waals surface area contributed by atoms with Gasteiger partial charge in [0.1, 0.15) is 0 Å². The lowest BCUT2D eigenvalue weighted by Gasteiger charge is -2.18. The van der Waals surface area contributed by atoms with Gasteiger partial charge in [-0.05, 0) is 67.4 Å². The summed E-state index contributed by atoms with van der Waals surface area (Å²) >= 11 is 1.82. The van der Waals surface area contributed by atoms with Crippen molar-refractivity contribution in [3.8, 4) is 23.0 Å². The summed E-state index contributed by atoms with van der Waals surface area (Å²) in [5.41, 5.74) is 3.54. The standard InChI is InChI=1S/C23H28N2OS/c1-3-8-18-9-5-10-19(15-18)20-16-22(27-17-20)21(4-2)24-12-7-14-25-13-6-11-23(25)26/h5,9-10,15-17,21,24H,4,6-7,11-14H2,1-2H3. The summed E-state index contributed by atoms with van der Waals surface area (Å²) in [4.78, 5) is 15.1. The fraction of sp³-hybridized carbons (Fsp3) is 0.435. The van der Waals surface area contributed by atoms with Crippen LogP contribution in [-0.2, 0) is 4.79 Å². The van der Waals surface area contributed by atoms with Crippen LogP contribution >= 0.6 is 11.3 Å². The molecular weight excluding hydrogens is 352 g/mol. The third-order valence-electron chi connectivity index (χ3n) is 5.00. The molecule has 3 nitrogen and oxygen atoms in total. The van der Waals surface area contributed by atoms with E-state index in [-0.39, 0.29) is 0 Å². The zero-order chi connectivity index (χ0) is 19.1. The van der Waals surface area contributed by atoms with Crippen LogP contribution in [0.5, 0.6) is 0 Å². The first kappa shape index (κ1) is 19.7. The highest BCUT2D eigenvalue weighted by Crippen LogP contribution is 2.31. The maximum absolute atomic E-state index is 11.7. The molecule has 1 aromatic heterocycles. The number of benzene rings is 1. The zero-order valence-corrected chi connectivity index (χ0v) is 17.1. The van der Waals surface area contributed by atoms with Crippen molar-refractivity contribution in [3.63, 3.8) is 0 Å². The predicted molar refractivity (Wildman–Crippen MR) is 114 cm³/mol. The van der Waals surface area contributed by atoms with Crippen LogP contribution in [0.4, 0.5) is 0 Å². The highest BCUT2D eigenvalue weighted by molar-refractivity contribution is 7.10. The molecule has 2 aromatic rings. The van der Waals surface area contributed by atoms with E-state index in [0.717, 1.165) is 50.9 Å². The quantitative estimate of drug-likeness (QED) is 0.525. The van der Waals surface area contributed by atoms with Crippen molar-refractivity contribution < 1.29 is 4.79 Å². The number of nitrogens with zero attached hydrogens (tertiary/aromatic N) is 1. The third kappa shape index (κ3) is 5.22. The average Bonchev–Trinajstić information content (AvgIpc) is 3.32. The second-order valence-electron chi connectivity index (χ2n) is 6.95. The number of rotatable bonds is 8. The Labute approximate surface area is 166 Å². The normalized spacial score (nSPS) is 14.9. The number of likely N-dealkylation sites (tertiary alicyclic amines) is 1. The number of amides is 1. The molecule has 1 amide bonds. The van der Waals surface area contributed by atoms with Crippen LogP contribution < -0.4 is 5.32 Å². The summed E-state index contributed by atoms with van der Waals surface area (Å²) in [6.45, 7) is 6.84. The topological polar surface area (TPSA) is 32.3 Å². The Hall–Kier alpha value is -2.09. The van der Waals surface area contributed by atoms with Crippen LogP contribution in [0.15, 0.2) is 35.7 Å². The second kappa shape index (κ2) is 9.73. The highest BCUT2D eigenvalue weighted by atomic mass is 32.1. The average molecular weight is 381 g/mol. The van der Waals surface area contributed by atoms with Crippen LogP contribution in [0.25, 0.3) is 11.1 Å². The fourth-order valence-corrected chi connectivity index (χ4v) is 4.62. The molecule has 0 radical (unpaired) electrons. The lowest BCUT2D eigenvalue weighted by atomic mass is 10.0. The number of thiophene rings is 1. The summed E-state index contributed by atoms with van der Waals surface area (Å²) in [5.74, 6) is 6.42. The minimum absolute atomic E-state index is 0.319. The molecule has 3 rings (SSSR count). The van der Waals surface area contributed by atoms with Crippen molar-refractivity contribution in [1.29, 1.82) is 0 Å². The smallest absolute Gasteiger partial charge is 0.222 e. The van der Waals surface area contributed by atoms with Gasteiger partial charge in [-0.1, -0.05) is 25.0 Å². The van der Waals surface area contributed by atoms with E-state index in [0.29, 0.717) is 11.9 Å². The summed E-state index contributed by atoms with van der Waals surface area (Å²) < 4.78 is 0. The molecule has 142 valence electrons. The molecule has 1 aliphatic heterocycles. The maximum atomic E-state index is 11.7. The number of hydrogen-bond donors (Lipinski definition) is 1. The Kier molecular flexibility index (Phi) is 7.09. The Bertz CT molecular complexity index is 830. The van der Waals surface area contributed by atoms with E-state index >= 15 is 0 Å². The first-order valence-electron chi connectivity index (χ1n) is 9.84. The van der Waals surface area contributed by atoms with E-state index in [1.807, 2.05) is 23.2 Å². The van der Waals surface area contributed by atoms with Crippen LogP contribution in [0, 0.1) is 11.8 Å². The van der Waals surface area contributed by atoms with Crippen molar-refractivity contribution in [1.82, 2.24) is 10.2 Å². The van der Waals surface area contributed by atoms with E-state index < -0.39 is 0 Å². The van der Waals surface area contributed by atoms with Gasteiger partial charge in [0.2, 0.25) is 5.91 Å². The summed E-state index contributed by atoms with van der Waals surface area (Å²) in [6.07, 6.45) is 3.82. The third-order valence-corrected chi connectivity index (χ3v) is 6.05. The molecule has 1 aliphatic rings. The molecule has 0 saturated carbocycles. The van der Waals surface area contributed by atoms with Crippen LogP contribution in [0.2, 0.25) is 0 Å². The largest absolute Gasteiger partial charge is 0.343 e. The molecule has 27 heavy (non-hydrogen) atoms. The van der Waals surface area contributed by atoms with Gasteiger partial charge in [-0.15, -0.1) is 17.3 Å². The van der Waals surface area contributed by atoms with Gasteiger partial charge in [0.15, 0.2) is 0 Å². The monoisotopic (exact) mass is 380 g/mol. The molecule has 0 bridgehead atoms. The molecule has 1 atom stereocenters. The van der Waals surface area contributed by atoms with Crippen molar-refractivity contribution in [2.45, 2.75) is 45.6 Å². The molecule has 4 heteroatoms. The molecule has 0 aliphatic carbocycles. The fourth-order valence-electron chi connectivity index (χ4n) is 3.54. The minimum atomic E-state index is 0.319. The van der Waals surface area contributed by atoms with Crippen LogP contribution in [0.1, 0.15) is 56.0 Å². The van der Waals surface area contributed by atoms with Crippen molar-refractivity contribution >= 4 is 17.2 Å². The minimum Gasteiger partial charge on any atom is -0.343 e. The number of hydrogen-bond acceptors (Lipinski definition) is 3. The van der Waals surface area contributed by atoms with Gasteiger partial charge in [-0.2, -0.15) is 0 Å². The molecule has 1 saturated heterocycles. The maximum Gasteiger partial charge on any atom is 0.222 e. The molecule has 0 spiro atoms. The first-order valence-corrected chi connectivity index (χ1v) is 10.7. The predicted octanol–water partition coefficient (Wildman–Crippen LogP) is 4.84. The lowest BCUT2D eigenvalue weighted by Crippen LogP contribution is -2.29. The molecule has 1 N–H and O–H groups in total. The highest BCUT2D eigenvalue weighted by Gasteiger charge is 2.19. The Balaban J connectivity index is 1.57. The van der Waals surface area contributed by atoms with Crippen LogP contribution in [-0.4, -0.2) is 30.4 Å². The van der Waals surface area contributed by atoms with E-state index in [1.54, 1.807) is 0 Å². The summed E-state index contributed by atoms with van der Waals surface area (Å²) in [7, 11) is 0. The molecule has 1 unspecified atom stereocenters. The number of carbonyl (C=O) groups is 1. The molecule has 1 fully saturated rings. The SMILES string of the molecule is CC#Cc1cccc(-c2csc(C(CC)NCCCN3CCCC3=O)c2)c1. The van der Waals surface area contributed by atoms with E-state index in [4.69, 9.17) is 0 Å². The van der Waals surface area contributed by atoms with E-state index in [2.05, 4.69) is 59.8 Å². The summed E-state index contributed by atoms with van der Waals surface area (Å²) in [5, 5.41) is 5.91. The molecule has 1 aromatic carbocycles. The van der Waals surface area contributed by atoms with Gasteiger partial charge < -0.3 is 10.2 Å². The van der Waals surface area contributed by atoms with Gasteiger partial charge in [0, 0.05) is 36.0 Å². The molecule has 2 heterocycles. The van der Waals surface area contributed by atoms with Gasteiger partial charge in [-0.25, -0.2) is 0 Å². The number of carbonyl (C=O) groups excluding carboxylic acids is 1. The van der Waals surface area contributed by atoms with E-state index in [1.165, 1.54) is 16.0 Å². The van der Waals surface area contributed by atoms with E-state index in [9.17, 15) is 4.79 Å². The van der Waals surface area contributed by atoms with Crippen LogP contribution in [0.3, 0.4) is 0 Å². The van der Waals surface area contributed by atoms with Crippen molar-refractivity contribution in [3.05, 3.63) is 46.2 Å². The van der Waals surface area contributed by atoms with Crippen molar-refractivity contribution in [2.75, 3.05) is 19.6 Å². The first-order chi connectivity index (χ1) is 13.2. The second-order valence-corrected chi connectivity index (χ2v) is 7.89. The zero-order valence-electron chi connectivity index (χ0n) is 16.3. The van der Waals surface area contributed by atoms with Crippen molar-refractivity contribution in [2.24, 2.45) is 0 Å². The Morgan fingerprint density at radius 1 is 1.30 bits per heavy atom. The van der Waals surface area contributed by atoms with Gasteiger partial charge >= 0.3 is 0 Å². The Morgan fingerprint density at radius 3 is 2.93 bits per heavy atom. The van der Waals surface area contributed by atoms with Gasteiger partial charge in [0.05, 0.1) is 0 Å². The van der Waals surface area contributed by atoms with Gasteiger partial charge in [-0.3, -0.25) is 4.79 Å². The Morgan fingerprint density at radius 2 is 2.19 bits per heavy atom. The van der Waals surface area contributed by atoms with Gasteiger partial charge in [0.25, 0.3) is 0 Å². The lowest BCUT2D eigenvalue weighted by molar-refractivity contribution is -0.127.